The van der Waals surface area contributed by atoms with Crippen molar-refractivity contribution in [1.29, 1.82) is 0 Å². The van der Waals surface area contributed by atoms with E-state index in [4.69, 9.17) is 0 Å². The topological polar surface area (TPSA) is 12.0 Å². The van der Waals surface area contributed by atoms with Crippen molar-refractivity contribution in [1.82, 2.24) is 5.32 Å². The molecule has 0 aromatic heterocycles. The van der Waals surface area contributed by atoms with Crippen LogP contribution in [0.1, 0.15) is 11.1 Å². The van der Waals surface area contributed by atoms with Crippen molar-refractivity contribution in [2.75, 3.05) is 0 Å². The van der Waals surface area contributed by atoms with E-state index in [0.717, 1.165) is 6.54 Å². The van der Waals surface area contributed by atoms with Crippen molar-refractivity contribution in [2.24, 2.45) is 0 Å². The van der Waals surface area contributed by atoms with Crippen molar-refractivity contribution in [2.45, 2.75) is 13.5 Å². The van der Waals surface area contributed by atoms with E-state index in [9.17, 15) is 0 Å². The zero-order chi connectivity index (χ0) is 8.10. The normalized spacial score (nSPS) is 9.18. The Morgan fingerprint density at radius 2 is 2.00 bits per heavy atom. The molecule has 0 amide bonds. The smallest absolute Gasteiger partial charge is 0.0617 e. The van der Waals surface area contributed by atoms with Crippen LogP contribution in [-0.2, 0) is 6.54 Å². The molecule has 0 aliphatic carbocycles. The molecule has 1 N–H and O–H groups in total. The van der Waals surface area contributed by atoms with E-state index in [0.29, 0.717) is 0 Å². The first-order valence-electron chi connectivity index (χ1n) is 3.55. The highest BCUT2D eigenvalue weighted by Gasteiger charge is 1.88. The summed E-state index contributed by atoms with van der Waals surface area (Å²) in [5.41, 5.74) is 4.09. The number of thiocarbonyl (C=S) groups is 1. The lowest BCUT2D eigenvalue weighted by molar-refractivity contribution is 0.943. The molecule has 1 aromatic carbocycles. The van der Waals surface area contributed by atoms with Crippen LogP contribution in [0.4, 0.5) is 0 Å². The molecule has 0 heterocycles. The third kappa shape index (κ3) is 2.68. The van der Waals surface area contributed by atoms with Gasteiger partial charge in [-0.05, 0) is 12.5 Å². The Morgan fingerprint density at radius 1 is 1.36 bits per heavy atom. The molecule has 0 bridgehead atoms. The number of nitrogens with one attached hydrogen (secondary N) is 1. The average molecular weight is 165 g/mol. The Labute approximate surface area is 72.4 Å². The number of rotatable bonds is 3. The summed E-state index contributed by atoms with van der Waals surface area (Å²) in [5.74, 6) is 0. The molecule has 58 valence electrons. The summed E-state index contributed by atoms with van der Waals surface area (Å²) >= 11 is 4.64. The molecule has 0 unspecified atom stereocenters. The van der Waals surface area contributed by atoms with Gasteiger partial charge in [0.2, 0.25) is 0 Å². The van der Waals surface area contributed by atoms with Crippen LogP contribution >= 0.6 is 12.2 Å². The van der Waals surface area contributed by atoms with Crippen LogP contribution in [-0.4, -0.2) is 5.49 Å². The second-order valence-corrected chi connectivity index (χ2v) is 2.72. The summed E-state index contributed by atoms with van der Waals surface area (Å²) < 4.78 is 0. The molecule has 0 saturated carbocycles. The van der Waals surface area contributed by atoms with Gasteiger partial charge in [0, 0.05) is 6.54 Å². The highest BCUT2D eigenvalue weighted by atomic mass is 32.1. The maximum Gasteiger partial charge on any atom is 0.0617 e. The quantitative estimate of drug-likeness (QED) is 0.688. The van der Waals surface area contributed by atoms with Gasteiger partial charge < -0.3 is 5.32 Å². The van der Waals surface area contributed by atoms with Gasteiger partial charge in [-0.25, -0.2) is 0 Å². The maximum atomic E-state index is 4.64. The van der Waals surface area contributed by atoms with Crippen molar-refractivity contribution in [3.63, 3.8) is 0 Å². The number of benzene rings is 1. The Morgan fingerprint density at radius 3 is 2.55 bits per heavy atom. The molecular weight excluding hydrogens is 154 g/mol. The lowest BCUT2D eigenvalue weighted by Crippen LogP contribution is -2.07. The van der Waals surface area contributed by atoms with Crippen molar-refractivity contribution in [3.8, 4) is 0 Å². The van der Waals surface area contributed by atoms with E-state index >= 15 is 0 Å². The van der Waals surface area contributed by atoms with Crippen LogP contribution in [0.3, 0.4) is 0 Å². The predicted molar refractivity (Wildman–Crippen MR) is 51.7 cm³/mol. The highest BCUT2D eigenvalue weighted by molar-refractivity contribution is 7.78. The predicted octanol–water partition coefficient (Wildman–Crippen LogP) is 2.04. The average Bonchev–Trinajstić information content (AvgIpc) is 2.04. The fourth-order valence-electron chi connectivity index (χ4n) is 0.865. The van der Waals surface area contributed by atoms with Gasteiger partial charge in [-0.15, -0.1) is 0 Å². The summed E-state index contributed by atoms with van der Waals surface area (Å²) in [5, 5.41) is 2.97. The van der Waals surface area contributed by atoms with Crippen LogP contribution in [0.5, 0.6) is 0 Å². The van der Waals surface area contributed by atoms with Gasteiger partial charge in [0.15, 0.2) is 0 Å². The third-order valence-electron chi connectivity index (χ3n) is 1.51. The molecule has 1 rings (SSSR count). The number of aryl methyl sites for hydroxylation is 1. The maximum absolute atomic E-state index is 4.64. The first kappa shape index (κ1) is 8.21. The Bertz CT molecular complexity index is 228. The molecule has 1 nitrogen and oxygen atoms in total. The molecule has 0 aliphatic heterocycles. The largest absolute Gasteiger partial charge is 0.378 e. The van der Waals surface area contributed by atoms with Crippen molar-refractivity contribution < 1.29 is 0 Å². The van der Waals surface area contributed by atoms with Crippen molar-refractivity contribution >= 4 is 17.7 Å². The molecule has 0 radical (unpaired) electrons. The highest BCUT2D eigenvalue weighted by Crippen LogP contribution is 2.01. The van der Waals surface area contributed by atoms with E-state index in [2.05, 4.69) is 48.7 Å². The minimum atomic E-state index is 0.823. The van der Waals surface area contributed by atoms with Crippen molar-refractivity contribution in [3.05, 3.63) is 35.4 Å². The first-order chi connectivity index (χ1) is 5.33. The van der Waals surface area contributed by atoms with E-state index in [-0.39, 0.29) is 0 Å². The number of hydrogen-bond acceptors (Lipinski definition) is 1. The van der Waals surface area contributed by atoms with E-state index in [1.165, 1.54) is 11.1 Å². The van der Waals surface area contributed by atoms with Crippen LogP contribution in [0, 0.1) is 6.92 Å². The van der Waals surface area contributed by atoms with Gasteiger partial charge in [0.1, 0.15) is 0 Å². The lowest BCUT2D eigenvalue weighted by Gasteiger charge is -1.99. The minimum absolute atomic E-state index is 0.823. The molecule has 11 heavy (non-hydrogen) atoms. The second kappa shape index (κ2) is 4.09. The Kier molecular flexibility index (Phi) is 3.05. The van der Waals surface area contributed by atoms with Gasteiger partial charge in [-0.1, -0.05) is 42.0 Å². The zero-order valence-corrected chi connectivity index (χ0v) is 7.32. The molecule has 0 atom stereocenters. The van der Waals surface area contributed by atoms with Crippen LogP contribution < -0.4 is 5.32 Å². The summed E-state index contributed by atoms with van der Waals surface area (Å²) in [7, 11) is 0. The van der Waals surface area contributed by atoms with Gasteiger partial charge in [0.25, 0.3) is 0 Å². The van der Waals surface area contributed by atoms with Gasteiger partial charge in [-0.2, -0.15) is 0 Å². The molecule has 1 aromatic rings. The summed E-state index contributed by atoms with van der Waals surface area (Å²) in [4.78, 5) is 0. The Balaban J connectivity index is 2.58. The fraction of sp³-hybridized carbons (Fsp3) is 0.222. The molecule has 0 fully saturated rings. The fourth-order valence-corrected chi connectivity index (χ4v) is 0.949. The second-order valence-electron chi connectivity index (χ2n) is 2.48. The molecule has 0 spiro atoms. The van der Waals surface area contributed by atoms with Gasteiger partial charge >= 0.3 is 0 Å². The minimum Gasteiger partial charge on any atom is -0.378 e. The summed E-state index contributed by atoms with van der Waals surface area (Å²) in [6, 6.07) is 8.39. The van der Waals surface area contributed by atoms with E-state index in [1.807, 2.05) is 0 Å². The van der Waals surface area contributed by atoms with Crippen LogP contribution in [0.2, 0.25) is 0 Å². The van der Waals surface area contributed by atoms with Crippen LogP contribution in [0.15, 0.2) is 24.3 Å². The molecule has 0 aliphatic rings. The molecule has 2 heteroatoms. The molecule has 0 saturated heterocycles. The summed E-state index contributed by atoms with van der Waals surface area (Å²) in [6.45, 7) is 2.90. The van der Waals surface area contributed by atoms with Gasteiger partial charge in [-0.3, -0.25) is 0 Å². The lowest BCUT2D eigenvalue weighted by atomic mass is 10.1. The zero-order valence-electron chi connectivity index (χ0n) is 6.50. The Hall–Kier alpha value is -0.890. The SMILES string of the molecule is Cc1ccc(CNC=S)cc1. The first-order valence-corrected chi connectivity index (χ1v) is 4.02. The van der Waals surface area contributed by atoms with E-state index < -0.39 is 0 Å². The number of hydrogen-bond donors (Lipinski definition) is 1. The standard InChI is InChI=1S/C9H11NS/c1-8-2-4-9(5-3-8)6-10-7-11/h2-5,7H,6H2,1H3,(H,10,11). The van der Waals surface area contributed by atoms with Gasteiger partial charge in [0.05, 0.1) is 5.49 Å². The molecular formula is C9H11NS. The van der Waals surface area contributed by atoms with Crippen LogP contribution in [0.25, 0.3) is 0 Å². The summed E-state index contributed by atoms with van der Waals surface area (Å²) in [6.07, 6.45) is 0. The van der Waals surface area contributed by atoms with E-state index in [1.54, 1.807) is 5.49 Å². The third-order valence-corrected chi connectivity index (χ3v) is 1.68. The monoisotopic (exact) mass is 165 g/mol.